The van der Waals surface area contributed by atoms with Crippen LogP contribution in [0.4, 0.5) is 23.0 Å². The minimum Gasteiger partial charge on any atom is -0.383 e. The van der Waals surface area contributed by atoms with Crippen molar-refractivity contribution in [2.75, 3.05) is 42.5 Å². The van der Waals surface area contributed by atoms with Crippen LogP contribution in [0, 0.1) is 14.9 Å². The molecule has 1 aliphatic rings. The zero-order valence-electron chi connectivity index (χ0n) is 21.4. The first kappa shape index (κ1) is 27.3. The second-order valence-electron chi connectivity index (χ2n) is 9.34. The van der Waals surface area contributed by atoms with E-state index >= 15 is 0 Å². The molecular formula is C28H27ClN8O2S. The molecule has 3 aromatic carbocycles. The highest BCUT2D eigenvalue weighted by molar-refractivity contribution is 7.71. The van der Waals surface area contributed by atoms with Gasteiger partial charge in [-0.2, -0.15) is 9.78 Å². The molecule has 0 amide bonds. The molecule has 204 valence electrons. The molecule has 1 aromatic heterocycles. The molecule has 4 N–H and O–H groups in total. The van der Waals surface area contributed by atoms with Gasteiger partial charge in [-0.05, 0) is 41.5 Å². The Morgan fingerprint density at radius 3 is 2.30 bits per heavy atom. The summed E-state index contributed by atoms with van der Waals surface area (Å²) < 4.78 is 1.33. The Morgan fingerprint density at radius 1 is 0.975 bits per heavy atom. The van der Waals surface area contributed by atoms with Crippen molar-refractivity contribution < 1.29 is 4.92 Å². The number of hydrogen-bond donors (Lipinski definition) is 2. The van der Waals surface area contributed by atoms with Crippen LogP contribution in [-0.4, -0.2) is 51.9 Å². The van der Waals surface area contributed by atoms with Gasteiger partial charge >= 0.3 is 0 Å². The number of halogens is 1. The van der Waals surface area contributed by atoms with Crippen LogP contribution < -0.4 is 16.4 Å². The van der Waals surface area contributed by atoms with E-state index in [0.717, 1.165) is 18.7 Å². The molecule has 0 saturated carbocycles. The topological polar surface area (TPSA) is 132 Å². The first-order valence-corrected chi connectivity index (χ1v) is 13.4. The summed E-state index contributed by atoms with van der Waals surface area (Å²) >= 11 is 11.3. The number of nitrogen functional groups attached to an aromatic ring is 2. The second kappa shape index (κ2) is 11.8. The van der Waals surface area contributed by atoms with Crippen molar-refractivity contribution >= 4 is 53.0 Å². The van der Waals surface area contributed by atoms with Crippen molar-refractivity contribution in [1.29, 1.82) is 0 Å². The molecule has 0 radical (unpaired) electrons. The van der Waals surface area contributed by atoms with Crippen molar-refractivity contribution in [2.24, 2.45) is 5.10 Å². The van der Waals surface area contributed by atoms with E-state index in [0.29, 0.717) is 29.4 Å². The van der Waals surface area contributed by atoms with E-state index in [-0.39, 0.29) is 33.1 Å². The molecule has 1 saturated heterocycles. The van der Waals surface area contributed by atoms with Gasteiger partial charge in [0.15, 0.2) is 0 Å². The highest BCUT2D eigenvalue weighted by Crippen LogP contribution is 2.34. The Morgan fingerprint density at radius 2 is 1.65 bits per heavy atom. The number of nitrogens with zero attached hydrogens (tertiary/aromatic N) is 6. The number of nitro groups is 1. The van der Waals surface area contributed by atoms with Crippen molar-refractivity contribution in [1.82, 2.24) is 14.6 Å². The molecule has 5 rings (SSSR count). The number of anilines is 3. The molecule has 0 spiro atoms. The standard InChI is InChI=1S/C28H27ClN8O2S/c29-22-9-7-21(8-10-22)27(20-4-2-1-3-5-20)35-14-12-34(13-15-35)23-11-6-19(16-24(23)37(38)39)18-32-36-26(31)17-25(30)33-28(36)40/h1-11,16-18,27H,12-15,31H2,(H2,30,33,40). The Bertz CT molecular complexity index is 1600. The average molecular weight is 575 g/mol. The third-order valence-electron chi connectivity index (χ3n) is 6.79. The second-order valence-corrected chi connectivity index (χ2v) is 10.1. The van der Waals surface area contributed by atoms with Crippen LogP contribution in [0.5, 0.6) is 0 Å². The lowest BCUT2D eigenvalue weighted by molar-refractivity contribution is -0.384. The van der Waals surface area contributed by atoms with Crippen LogP contribution in [0.15, 0.2) is 84.0 Å². The number of rotatable bonds is 7. The molecule has 0 aliphatic carbocycles. The molecule has 1 aliphatic heterocycles. The summed E-state index contributed by atoms with van der Waals surface area (Å²) in [7, 11) is 0. The molecule has 1 atom stereocenters. The molecule has 12 heteroatoms. The number of piperazine rings is 1. The first-order chi connectivity index (χ1) is 19.3. The normalized spacial score (nSPS) is 14.9. The third-order valence-corrected chi connectivity index (χ3v) is 7.30. The zero-order chi connectivity index (χ0) is 28.2. The van der Waals surface area contributed by atoms with Crippen molar-refractivity contribution in [3.05, 3.63) is 115 Å². The molecule has 0 bridgehead atoms. The average Bonchev–Trinajstić information content (AvgIpc) is 2.94. The van der Waals surface area contributed by atoms with Gasteiger partial charge in [-0.1, -0.05) is 60.1 Å². The van der Waals surface area contributed by atoms with E-state index in [9.17, 15) is 10.1 Å². The van der Waals surface area contributed by atoms with Gasteiger partial charge in [-0.15, -0.1) is 0 Å². The van der Waals surface area contributed by atoms with Gasteiger partial charge in [0.2, 0.25) is 4.77 Å². The van der Waals surface area contributed by atoms with Gasteiger partial charge in [0, 0.05) is 48.9 Å². The maximum absolute atomic E-state index is 12.1. The molecule has 1 unspecified atom stereocenters. The number of aromatic nitrogens is 2. The van der Waals surface area contributed by atoms with Crippen LogP contribution >= 0.6 is 23.8 Å². The van der Waals surface area contributed by atoms with E-state index in [1.807, 2.05) is 30.3 Å². The van der Waals surface area contributed by atoms with Crippen molar-refractivity contribution in [3.8, 4) is 0 Å². The van der Waals surface area contributed by atoms with Crippen LogP contribution in [-0.2, 0) is 0 Å². The summed E-state index contributed by atoms with van der Waals surface area (Å²) in [4.78, 5) is 20.1. The number of hydrogen-bond acceptors (Lipinski definition) is 9. The van der Waals surface area contributed by atoms with Crippen LogP contribution in [0.3, 0.4) is 0 Å². The first-order valence-electron chi connectivity index (χ1n) is 12.6. The maximum Gasteiger partial charge on any atom is 0.293 e. The van der Waals surface area contributed by atoms with Gasteiger partial charge in [0.05, 0.1) is 17.2 Å². The quantitative estimate of drug-likeness (QED) is 0.134. The van der Waals surface area contributed by atoms with Crippen molar-refractivity contribution in [2.45, 2.75) is 6.04 Å². The summed E-state index contributed by atoms with van der Waals surface area (Å²) in [5, 5.41) is 17.0. The highest BCUT2D eigenvalue weighted by atomic mass is 35.5. The minimum atomic E-state index is -0.371. The fourth-order valence-electron chi connectivity index (χ4n) is 4.90. The Hall–Kier alpha value is -4.32. The fraction of sp³-hybridized carbons (Fsp3) is 0.179. The lowest BCUT2D eigenvalue weighted by Gasteiger charge is -2.40. The van der Waals surface area contributed by atoms with Crippen LogP contribution in [0.1, 0.15) is 22.7 Å². The lowest BCUT2D eigenvalue weighted by Crippen LogP contribution is -2.48. The fourth-order valence-corrected chi connectivity index (χ4v) is 5.29. The summed E-state index contributed by atoms with van der Waals surface area (Å²) in [5.41, 5.74) is 15.0. The summed E-state index contributed by atoms with van der Waals surface area (Å²) in [6.45, 7) is 2.72. The molecule has 40 heavy (non-hydrogen) atoms. The SMILES string of the molecule is Nc1cc(N)n(N=Cc2ccc(N3CCN(C(c4ccccc4)c4ccc(Cl)cc4)CC3)c([N+](=O)[O-])c2)c(=S)n1. The minimum absolute atomic E-state index is 0.00158. The number of nitro benzene ring substituents is 1. The Labute approximate surface area is 241 Å². The largest absolute Gasteiger partial charge is 0.383 e. The lowest BCUT2D eigenvalue weighted by atomic mass is 9.96. The van der Waals surface area contributed by atoms with E-state index in [1.54, 1.807) is 12.1 Å². The van der Waals surface area contributed by atoms with Gasteiger partial charge in [-0.25, -0.2) is 4.98 Å². The highest BCUT2D eigenvalue weighted by Gasteiger charge is 2.29. The van der Waals surface area contributed by atoms with E-state index in [4.69, 9.17) is 35.3 Å². The van der Waals surface area contributed by atoms with Gasteiger partial charge in [-0.3, -0.25) is 15.0 Å². The maximum atomic E-state index is 12.1. The van der Waals surface area contributed by atoms with E-state index < -0.39 is 0 Å². The summed E-state index contributed by atoms with van der Waals surface area (Å²) in [6, 6.07) is 24.8. The van der Waals surface area contributed by atoms with E-state index in [1.165, 1.54) is 28.6 Å². The smallest absolute Gasteiger partial charge is 0.293 e. The van der Waals surface area contributed by atoms with Crippen LogP contribution in [0.2, 0.25) is 5.02 Å². The Balaban J connectivity index is 1.36. The predicted molar refractivity (Wildman–Crippen MR) is 161 cm³/mol. The molecule has 1 fully saturated rings. The van der Waals surface area contributed by atoms with Crippen molar-refractivity contribution in [3.63, 3.8) is 0 Å². The molecule has 4 aromatic rings. The predicted octanol–water partition coefficient (Wildman–Crippen LogP) is 5.13. The zero-order valence-corrected chi connectivity index (χ0v) is 23.0. The molecule has 2 heterocycles. The molecular weight excluding hydrogens is 548 g/mol. The number of nitrogens with two attached hydrogens (primary N) is 2. The van der Waals surface area contributed by atoms with Gasteiger partial charge in [0.25, 0.3) is 5.69 Å². The Kier molecular flexibility index (Phi) is 8.06. The van der Waals surface area contributed by atoms with E-state index in [2.05, 4.69) is 44.2 Å². The summed E-state index contributed by atoms with van der Waals surface area (Å²) in [6.07, 6.45) is 1.45. The summed E-state index contributed by atoms with van der Waals surface area (Å²) in [5.74, 6) is 0.405. The monoisotopic (exact) mass is 574 g/mol. The van der Waals surface area contributed by atoms with Crippen LogP contribution in [0.25, 0.3) is 0 Å². The van der Waals surface area contributed by atoms with Gasteiger partial charge < -0.3 is 16.4 Å². The third kappa shape index (κ3) is 5.96. The molecule has 10 nitrogen and oxygen atoms in total. The number of benzene rings is 3. The van der Waals surface area contributed by atoms with Gasteiger partial charge in [0.1, 0.15) is 17.3 Å².